The van der Waals surface area contributed by atoms with Gasteiger partial charge in [0.05, 0.1) is 7.11 Å². The van der Waals surface area contributed by atoms with Crippen LogP contribution in [0, 0.1) is 0 Å². The summed E-state index contributed by atoms with van der Waals surface area (Å²) in [6, 6.07) is 14.7. The smallest absolute Gasteiger partial charge is 0.127 e. The number of aryl methyl sites for hydroxylation is 2. The van der Waals surface area contributed by atoms with Crippen molar-refractivity contribution in [1.29, 1.82) is 0 Å². The maximum Gasteiger partial charge on any atom is 0.127 e. The number of hydrogen-bond acceptors (Lipinski definition) is 3. The third-order valence-corrected chi connectivity index (χ3v) is 3.96. The first-order chi connectivity index (χ1) is 11.2. The summed E-state index contributed by atoms with van der Waals surface area (Å²) >= 11 is 0. The minimum atomic E-state index is 0.533. The van der Waals surface area contributed by atoms with Gasteiger partial charge in [0.25, 0.3) is 0 Å². The molecule has 0 aromatic heterocycles. The second-order valence-electron chi connectivity index (χ2n) is 5.37. The van der Waals surface area contributed by atoms with E-state index in [1.165, 1.54) is 11.1 Å². The molecule has 4 heteroatoms. The van der Waals surface area contributed by atoms with E-state index in [1.807, 2.05) is 13.1 Å². The maximum atomic E-state index is 5.68. The molecule has 0 saturated heterocycles. The van der Waals surface area contributed by atoms with Crippen LogP contribution in [0.15, 0.2) is 47.5 Å². The molecule has 0 atom stereocenters. The zero-order chi connectivity index (χ0) is 16.7. The highest BCUT2D eigenvalue weighted by atomic mass is 16.5. The van der Waals surface area contributed by atoms with E-state index < -0.39 is 0 Å². The van der Waals surface area contributed by atoms with E-state index in [-0.39, 0.29) is 0 Å². The molecule has 0 aliphatic rings. The van der Waals surface area contributed by atoms with Crippen molar-refractivity contribution < 1.29 is 4.74 Å². The van der Waals surface area contributed by atoms with Gasteiger partial charge in [-0.15, -0.1) is 0 Å². The summed E-state index contributed by atoms with van der Waals surface area (Å²) in [6.45, 7) is 0.533. The van der Waals surface area contributed by atoms with Crippen molar-refractivity contribution in [2.45, 2.75) is 19.4 Å². The summed E-state index contributed by atoms with van der Waals surface area (Å²) in [6.07, 6.45) is 1.91. The predicted octanol–water partition coefficient (Wildman–Crippen LogP) is 2.53. The summed E-state index contributed by atoms with van der Waals surface area (Å²) in [5.74, 6) is 1.82. The molecular formula is C19H25N3O. The zero-order valence-corrected chi connectivity index (χ0v) is 14.1. The number of ether oxygens (including phenoxy) is 1. The molecule has 0 aliphatic heterocycles. The van der Waals surface area contributed by atoms with Crippen molar-refractivity contribution >= 4 is 5.84 Å². The first-order valence-corrected chi connectivity index (χ1v) is 7.81. The number of nitrogens with two attached hydrogens (primary N) is 1. The van der Waals surface area contributed by atoms with Gasteiger partial charge in [-0.25, -0.2) is 0 Å². The topological polar surface area (TPSA) is 59.6 Å². The Morgan fingerprint density at radius 1 is 1.09 bits per heavy atom. The van der Waals surface area contributed by atoms with E-state index in [1.54, 1.807) is 14.2 Å². The van der Waals surface area contributed by atoms with Crippen LogP contribution in [-0.2, 0) is 19.4 Å². The fourth-order valence-electron chi connectivity index (χ4n) is 2.62. The quantitative estimate of drug-likeness (QED) is 0.636. The van der Waals surface area contributed by atoms with E-state index in [2.05, 4.69) is 46.7 Å². The van der Waals surface area contributed by atoms with Gasteiger partial charge in [-0.1, -0.05) is 36.4 Å². The number of benzene rings is 2. The van der Waals surface area contributed by atoms with Crippen LogP contribution in [0.2, 0.25) is 0 Å². The number of hydrogen-bond donors (Lipinski definition) is 2. The minimum Gasteiger partial charge on any atom is -0.496 e. The fourth-order valence-corrected chi connectivity index (χ4v) is 2.62. The van der Waals surface area contributed by atoms with Gasteiger partial charge in [0, 0.05) is 26.2 Å². The second-order valence-corrected chi connectivity index (χ2v) is 5.37. The maximum absolute atomic E-state index is 5.68. The van der Waals surface area contributed by atoms with E-state index >= 15 is 0 Å². The standard InChI is InChI=1S/C19H25N3O/c1-21-19(22-2)17-10-5-14(6-11-17)4-8-16-9-7-15(13-20)12-18(16)23-3/h5-7,9-12H,4,8,13,20H2,1-3H3,(H,21,22). The van der Waals surface area contributed by atoms with Gasteiger partial charge >= 0.3 is 0 Å². The summed E-state index contributed by atoms with van der Waals surface area (Å²) in [5, 5.41) is 3.09. The van der Waals surface area contributed by atoms with Gasteiger partial charge in [0.2, 0.25) is 0 Å². The number of rotatable bonds is 6. The molecule has 23 heavy (non-hydrogen) atoms. The highest BCUT2D eigenvalue weighted by Gasteiger charge is 2.05. The van der Waals surface area contributed by atoms with Gasteiger partial charge in [-0.05, 0) is 35.6 Å². The van der Waals surface area contributed by atoms with Crippen molar-refractivity contribution in [3.63, 3.8) is 0 Å². The lowest BCUT2D eigenvalue weighted by Gasteiger charge is -2.11. The molecule has 0 saturated carbocycles. The summed E-state index contributed by atoms with van der Waals surface area (Å²) < 4.78 is 5.48. The van der Waals surface area contributed by atoms with E-state index in [9.17, 15) is 0 Å². The molecule has 4 nitrogen and oxygen atoms in total. The van der Waals surface area contributed by atoms with Crippen molar-refractivity contribution in [3.8, 4) is 5.75 Å². The van der Waals surface area contributed by atoms with Crippen LogP contribution in [0.5, 0.6) is 5.75 Å². The normalized spacial score (nSPS) is 11.4. The van der Waals surface area contributed by atoms with Crippen LogP contribution in [-0.4, -0.2) is 27.0 Å². The third-order valence-electron chi connectivity index (χ3n) is 3.96. The van der Waals surface area contributed by atoms with Crippen LogP contribution < -0.4 is 15.8 Å². The Labute approximate surface area is 138 Å². The summed E-state index contributed by atoms with van der Waals surface area (Å²) in [4.78, 5) is 4.22. The number of methoxy groups -OCH3 is 1. The molecule has 0 unspecified atom stereocenters. The van der Waals surface area contributed by atoms with Crippen molar-refractivity contribution in [1.82, 2.24) is 5.32 Å². The molecule has 3 N–H and O–H groups in total. The lowest BCUT2D eigenvalue weighted by molar-refractivity contribution is 0.409. The highest BCUT2D eigenvalue weighted by molar-refractivity contribution is 5.98. The number of nitrogens with zero attached hydrogens (tertiary/aromatic N) is 1. The molecular weight excluding hydrogens is 286 g/mol. The van der Waals surface area contributed by atoms with Gasteiger partial charge < -0.3 is 15.8 Å². The average molecular weight is 311 g/mol. The van der Waals surface area contributed by atoms with Crippen LogP contribution >= 0.6 is 0 Å². The first kappa shape index (κ1) is 17.0. The fraction of sp³-hybridized carbons (Fsp3) is 0.316. The molecule has 0 heterocycles. The Morgan fingerprint density at radius 3 is 2.35 bits per heavy atom. The molecule has 0 bridgehead atoms. The highest BCUT2D eigenvalue weighted by Crippen LogP contribution is 2.22. The molecule has 0 aliphatic carbocycles. The molecule has 2 rings (SSSR count). The molecule has 2 aromatic rings. The Kier molecular flexibility index (Phi) is 6.18. The molecule has 0 radical (unpaired) electrons. The lowest BCUT2D eigenvalue weighted by Crippen LogP contribution is -2.19. The zero-order valence-electron chi connectivity index (χ0n) is 14.1. The Balaban J connectivity index is 2.06. The van der Waals surface area contributed by atoms with E-state index in [0.29, 0.717) is 6.54 Å². The van der Waals surface area contributed by atoms with Crippen LogP contribution in [0.1, 0.15) is 22.3 Å². The van der Waals surface area contributed by atoms with Crippen molar-refractivity contribution in [3.05, 3.63) is 64.7 Å². The summed E-state index contributed by atoms with van der Waals surface area (Å²) in [5.41, 5.74) is 10.4. The molecule has 2 aromatic carbocycles. The lowest BCUT2D eigenvalue weighted by atomic mass is 10.0. The Hall–Kier alpha value is -2.33. The minimum absolute atomic E-state index is 0.533. The van der Waals surface area contributed by atoms with E-state index in [0.717, 1.165) is 35.6 Å². The van der Waals surface area contributed by atoms with Gasteiger partial charge in [0.15, 0.2) is 0 Å². The first-order valence-electron chi connectivity index (χ1n) is 7.81. The van der Waals surface area contributed by atoms with Crippen LogP contribution in [0.3, 0.4) is 0 Å². The van der Waals surface area contributed by atoms with Crippen molar-refractivity contribution in [2.75, 3.05) is 21.2 Å². The second kappa shape index (κ2) is 8.34. The average Bonchev–Trinajstić information content (AvgIpc) is 2.62. The number of amidine groups is 1. The van der Waals surface area contributed by atoms with Gasteiger partial charge in [-0.3, -0.25) is 4.99 Å². The third kappa shape index (κ3) is 4.33. The summed E-state index contributed by atoms with van der Waals surface area (Å²) in [7, 11) is 5.38. The van der Waals surface area contributed by atoms with Gasteiger partial charge in [0.1, 0.15) is 11.6 Å². The number of nitrogens with one attached hydrogen (secondary N) is 1. The SMILES string of the molecule is CN=C(NC)c1ccc(CCc2ccc(CN)cc2OC)cc1. The molecule has 0 amide bonds. The molecule has 0 spiro atoms. The van der Waals surface area contributed by atoms with Crippen molar-refractivity contribution in [2.24, 2.45) is 10.7 Å². The molecule has 122 valence electrons. The largest absolute Gasteiger partial charge is 0.496 e. The Morgan fingerprint density at radius 2 is 1.78 bits per heavy atom. The monoisotopic (exact) mass is 311 g/mol. The number of aliphatic imine (C=N–C) groups is 1. The van der Waals surface area contributed by atoms with E-state index in [4.69, 9.17) is 10.5 Å². The van der Waals surface area contributed by atoms with Crippen LogP contribution in [0.25, 0.3) is 0 Å². The Bertz CT molecular complexity index is 663. The van der Waals surface area contributed by atoms with Crippen LogP contribution in [0.4, 0.5) is 0 Å². The molecule has 0 fully saturated rings. The predicted molar refractivity (Wildman–Crippen MR) is 96.3 cm³/mol. The van der Waals surface area contributed by atoms with Gasteiger partial charge in [-0.2, -0.15) is 0 Å².